The summed E-state index contributed by atoms with van der Waals surface area (Å²) < 4.78 is 5.67. The Morgan fingerprint density at radius 1 is 1.30 bits per heavy atom. The molecule has 1 aromatic carbocycles. The number of carbonyl (C=O) groups excluding carboxylic acids is 1. The Hall–Kier alpha value is -1.55. The van der Waals surface area contributed by atoms with Crippen molar-refractivity contribution in [3.05, 3.63) is 29.3 Å². The number of hydrogen-bond donors (Lipinski definition) is 2. The highest BCUT2D eigenvalue weighted by Gasteiger charge is 2.07. The van der Waals surface area contributed by atoms with Crippen molar-refractivity contribution in [2.24, 2.45) is 0 Å². The third-order valence-electron chi connectivity index (χ3n) is 3.17. The second-order valence-electron chi connectivity index (χ2n) is 4.86. The number of hydrogen-bond acceptors (Lipinski definition) is 3. The normalized spacial score (nSPS) is 12.0. The number of aryl methyl sites for hydroxylation is 1. The zero-order chi connectivity index (χ0) is 15.0. The minimum Gasteiger partial charge on any atom is -0.493 e. The summed E-state index contributed by atoms with van der Waals surface area (Å²) in [5.41, 5.74) is 2.35. The summed E-state index contributed by atoms with van der Waals surface area (Å²) in [6, 6.07) is 6.52. The van der Waals surface area contributed by atoms with Crippen LogP contribution < -0.4 is 15.4 Å². The molecule has 1 aromatic rings. The van der Waals surface area contributed by atoms with Gasteiger partial charge in [-0.2, -0.15) is 0 Å². The third kappa shape index (κ3) is 5.21. The van der Waals surface area contributed by atoms with Gasteiger partial charge in [-0.3, -0.25) is 4.79 Å². The minimum absolute atomic E-state index is 0.0301. The Kier molecular flexibility index (Phi) is 7.09. The van der Waals surface area contributed by atoms with Crippen molar-refractivity contribution in [1.29, 1.82) is 0 Å². The summed E-state index contributed by atoms with van der Waals surface area (Å²) in [6.45, 7) is 10.2. The quantitative estimate of drug-likeness (QED) is 0.768. The van der Waals surface area contributed by atoms with Gasteiger partial charge in [0.1, 0.15) is 5.75 Å². The summed E-state index contributed by atoms with van der Waals surface area (Å²) >= 11 is 0. The van der Waals surface area contributed by atoms with Crippen LogP contribution in [-0.2, 0) is 4.79 Å². The number of ether oxygens (including phenoxy) is 1. The van der Waals surface area contributed by atoms with E-state index in [9.17, 15) is 4.79 Å². The molecule has 2 N–H and O–H groups in total. The molecule has 0 spiro atoms. The average Bonchev–Trinajstić information content (AvgIpc) is 2.41. The Morgan fingerprint density at radius 3 is 2.65 bits per heavy atom. The Labute approximate surface area is 121 Å². The highest BCUT2D eigenvalue weighted by molar-refractivity contribution is 5.75. The third-order valence-corrected chi connectivity index (χ3v) is 3.17. The predicted octanol–water partition coefficient (Wildman–Crippen LogP) is 2.57. The summed E-state index contributed by atoms with van der Waals surface area (Å²) in [7, 11) is 0. The van der Waals surface area contributed by atoms with Crippen molar-refractivity contribution in [1.82, 2.24) is 10.6 Å². The zero-order valence-corrected chi connectivity index (χ0v) is 13.0. The van der Waals surface area contributed by atoms with Gasteiger partial charge in [0, 0.05) is 12.6 Å². The number of carbonyl (C=O) groups is 1. The first-order chi connectivity index (χ1) is 9.58. The van der Waals surface area contributed by atoms with Crippen molar-refractivity contribution >= 4 is 5.91 Å². The summed E-state index contributed by atoms with van der Waals surface area (Å²) in [4.78, 5) is 11.3. The molecule has 0 saturated heterocycles. The SMILES string of the molecule is CCNC(=O)CCOc1ccc(C(C)NCC)cc1C. The van der Waals surface area contributed by atoms with E-state index in [-0.39, 0.29) is 5.91 Å². The van der Waals surface area contributed by atoms with Gasteiger partial charge < -0.3 is 15.4 Å². The molecule has 4 heteroatoms. The van der Waals surface area contributed by atoms with Gasteiger partial charge >= 0.3 is 0 Å². The first kappa shape index (κ1) is 16.5. The fourth-order valence-corrected chi connectivity index (χ4v) is 2.07. The van der Waals surface area contributed by atoms with Crippen molar-refractivity contribution in [2.45, 2.75) is 40.2 Å². The lowest BCUT2D eigenvalue weighted by atomic mass is 10.1. The van der Waals surface area contributed by atoms with E-state index >= 15 is 0 Å². The van der Waals surface area contributed by atoms with Crippen molar-refractivity contribution in [3.63, 3.8) is 0 Å². The van der Waals surface area contributed by atoms with Crippen molar-refractivity contribution < 1.29 is 9.53 Å². The molecule has 0 aromatic heterocycles. The van der Waals surface area contributed by atoms with E-state index in [1.807, 2.05) is 19.9 Å². The molecule has 20 heavy (non-hydrogen) atoms. The lowest BCUT2D eigenvalue weighted by molar-refractivity contribution is -0.121. The van der Waals surface area contributed by atoms with E-state index in [1.54, 1.807) is 0 Å². The van der Waals surface area contributed by atoms with Gasteiger partial charge in [-0.1, -0.05) is 19.1 Å². The smallest absolute Gasteiger partial charge is 0.223 e. The van der Waals surface area contributed by atoms with Crippen molar-refractivity contribution in [3.8, 4) is 5.75 Å². The summed E-state index contributed by atoms with van der Waals surface area (Å²) in [5, 5.41) is 6.14. The maximum atomic E-state index is 11.3. The molecule has 0 aliphatic rings. The standard InChI is InChI=1S/C16H26N2O2/c1-5-17-13(4)14-7-8-15(12(3)11-14)20-10-9-16(19)18-6-2/h7-8,11,13,17H,5-6,9-10H2,1-4H3,(H,18,19). The lowest BCUT2D eigenvalue weighted by Crippen LogP contribution is -2.24. The second kappa shape index (κ2) is 8.59. The van der Waals surface area contributed by atoms with Gasteiger partial charge in [0.05, 0.1) is 13.0 Å². The monoisotopic (exact) mass is 278 g/mol. The highest BCUT2D eigenvalue weighted by Crippen LogP contribution is 2.22. The number of amides is 1. The van der Waals surface area contributed by atoms with Crippen LogP contribution in [0.4, 0.5) is 0 Å². The van der Waals surface area contributed by atoms with Gasteiger partial charge in [0.25, 0.3) is 0 Å². The molecule has 0 bridgehead atoms. The van der Waals surface area contributed by atoms with E-state index in [4.69, 9.17) is 4.74 Å². The maximum absolute atomic E-state index is 11.3. The summed E-state index contributed by atoms with van der Waals surface area (Å²) in [5.74, 6) is 0.879. The second-order valence-corrected chi connectivity index (χ2v) is 4.86. The Balaban J connectivity index is 2.53. The lowest BCUT2D eigenvalue weighted by Gasteiger charge is -2.15. The maximum Gasteiger partial charge on any atom is 0.223 e. The molecule has 0 saturated carbocycles. The van der Waals surface area contributed by atoms with Crippen LogP contribution in [0.1, 0.15) is 44.4 Å². The van der Waals surface area contributed by atoms with E-state index in [2.05, 4.69) is 36.6 Å². The number of benzene rings is 1. The molecule has 0 radical (unpaired) electrons. The van der Waals surface area contributed by atoms with E-state index in [0.29, 0.717) is 25.6 Å². The van der Waals surface area contributed by atoms with E-state index < -0.39 is 0 Å². The highest BCUT2D eigenvalue weighted by atomic mass is 16.5. The Bertz CT molecular complexity index is 432. The number of nitrogens with one attached hydrogen (secondary N) is 2. The van der Waals surface area contributed by atoms with Gasteiger partial charge in [0.15, 0.2) is 0 Å². The fraction of sp³-hybridized carbons (Fsp3) is 0.562. The Morgan fingerprint density at radius 2 is 2.05 bits per heavy atom. The van der Waals surface area contributed by atoms with Gasteiger partial charge in [-0.15, -0.1) is 0 Å². The van der Waals surface area contributed by atoms with Crippen LogP contribution in [0.2, 0.25) is 0 Å². The molecule has 0 heterocycles. The number of rotatable bonds is 8. The molecule has 4 nitrogen and oxygen atoms in total. The van der Waals surface area contributed by atoms with E-state index in [1.165, 1.54) is 5.56 Å². The largest absolute Gasteiger partial charge is 0.493 e. The first-order valence-electron chi connectivity index (χ1n) is 7.31. The van der Waals surface area contributed by atoms with Crippen LogP contribution in [-0.4, -0.2) is 25.6 Å². The molecule has 0 aliphatic heterocycles. The van der Waals surface area contributed by atoms with Crippen LogP contribution in [0.15, 0.2) is 18.2 Å². The molecular formula is C16H26N2O2. The average molecular weight is 278 g/mol. The predicted molar refractivity (Wildman–Crippen MR) is 82.1 cm³/mol. The van der Waals surface area contributed by atoms with Crippen LogP contribution in [0.5, 0.6) is 5.75 Å². The van der Waals surface area contributed by atoms with Crippen molar-refractivity contribution in [2.75, 3.05) is 19.7 Å². The van der Waals surface area contributed by atoms with Crippen LogP contribution in [0, 0.1) is 6.92 Å². The molecule has 0 aliphatic carbocycles. The van der Waals surface area contributed by atoms with E-state index in [0.717, 1.165) is 17.9 Å². The summed E-state index contributed by atoms with van der Waals surface area (Å²) in [6.07, 6.45) is 0.392. The van der Waals surface area contributed by atoms with Gasteiger partial charge in [-0.05, 0) is 44.5 Å². The minimum atomic E-state index is 0.0301. The molecule has 1 rings (SSSR count). The first-order valence-corrected chi connectivity index (χ1v) is 7.31. The zero-order valence-electron chi connectivity index (χ0n) is 13.0. The molecule has 1 atom stereocenters. The molecule has 1 amide bonds. The molecule has 112 valence electrons. The van der Waals surface area contributed by atoms with Crippen LogP contribution in [0.3, 0.4) is 0 Å². The fourth-order valence-electron chi connectivity index (χ4n) is 2.07. The molecular weight excluding hydrogens is 252 g/mol. The molecule has 0 fully saturated rings. The van der Waals surface area contributed by atoms with Gasteiger partial charge in [-0.25, -0.2) is 0 Å². The van der Waals surface area contributed by atoms with Gasteiger partial charge in [0.2, 0.25) is 5.91 Å². The topological polar surface area (TPSA) is 50.4 Å². The molecule has 1 unspecified atom stereocenters. The van der Waals surface area contributed by atoms with Crippen LogP contribution in [0.25, 0.3) is 0 Å². The van der Waals surface area contributed by atoms with Crippen LogP contribution >= 0.6 is 0 Å².